The van der Waals surface area contributed by atoms with Gasteiger partial charge in [-0.3, -0.25) is 4.79 Å². The molecule has 0 unspecified atom stereocenters. The molecule has 27 heavy (non-hydrogen) atoms. The van der Waals surface area contributed by atoms with Crippen LogP contribution in [-0.4, -0.2) is 54.7 Å². The zero-order valence-electron chi connectivity index (χ0n) is 14.4. The molecule has 1 saturated heterocycles. The van der Waals surface area contributed by atoms with Crippen LogP contribution in [0.25, 0.3) is 6.08 Å². The van der Waals surface area contributed by atoms with Gasteiger partial charge in [0.25, 0.3) is 0 Å². The Labute approximate surface area is 159 Å². The molecule has 1 fully saturated rings. The summed E-state index contributed by atoms with van der Waals surface area (Å²) in [5.74, 6) is -2.53. The first-order chi connectivity index (χ1) is 12.8. The van der Waals surface area contributed by atoms with Crippen LogP contribution in [0.2, 0.25) is 0 Å². The van der Waals surface area contributed by atoms with Gasteiger partial charge >= 0.3 is 0 Å². The molecule has 3 rings (SSSR count). The third-order valence-electron chi connectivity index (χ3n) is 4.10. The van der Waals surface area contributed by atoms with Crippen LogP contribution in [0.4, 0.5) is 8.78 Å². The first kappa shape index (κ1) is 19.6. The predicted molar refractivity (Wildman–Crippen MR) is 97.6 cm³/mol. The SMILES string of the molecule is Cc1nc(/C=C/C(=O)N2CCN(S(=O)(=O)c3c(F)cccc3F)CC2)cs1. The van der Waals surface area contributed by atoms with Gasteiger partial charge in [-0.05, 0) is 25.1 Å². The van der Waals surface area contributed by atoms with E-state index < -0.39 is 26.6 Å². The highest BCUT2D eigenvalue weighted by atomic mass is 32.2. The molecule has 2 heterocycles. The van der Waals surface area contributed by atoms with Crippen molar-refractivity contribution in [1.82, 2.24) is 14.2 Å². The lowest BCUT2D eigenvalue weighted by Crippen LogP contribution is -2.50. The predicted octanol–water partition coefficient (Wildman–Crippen LogP) is 2.28. The van der Waals surface area contributed by atoms with Crippen molar-refractivity contribution < 1.29 is 22.0 Å². The van der Waals surface area contributed by atoms with Gasteiger partial charge in [-0.25, -0.2) is 22.2 Å². The Bertz CT molecular complexity index is 961. The second kappa shape index (κ2) is 7.83. The molecule has 0 bridgehead atoms. The highest BCUT2D eigenvalue weighted by Gasteiger charge is 2.33. The number of hydrogen-bond acceptors (Lipinski definition) is 5. The Balaban J connectivity index is 1.66. The molecule has 1 aliphatic heterocycles. The number of hydrogen-bond donors (Lipinski definition) is 0. The van der Waals surface area contributed by atoms with Crippen molar-refractivity contribution in [2.24, 2.45) is 0 Å². The van der Waals surface area contributed by atoms with E-state index in [1.165, 1.54) is 22.3 Å². The number of thiazole rings is 1. The number of carbonyl (C=O) groups is 1. The molecular formula is C17H17F2N3O3S2. The van der Waals surface area contributed by atoms with Crippen LogP contribution < -0.4 is 0 Å². The van der Waals surface area contributed by atoms with Crippen LogP contribution in [0.15, 0.2) is 34.6 Å². The summed E-state index contributed by atoms with van der Waals surface area (Å²) in [5, 5.41) is 2.72. The van der Waals surface area contributed by atoms with E-state index in [0.717, 1.165) is 27.5 Å². The van der Waals surface area contributed by atoms with E-state index in [4.69, 9.17) is 0 Å². The third-order valence-corrected chi connectivity index (χ3v) is 6.84. The molecule has 1 aromatic heterocycles. The van der Waals surface area contributed by atoms with Gasteiger partial charge in [0.05, 0.1) is 10.7 Å². The monoisotopic (exact) mass is 413 g/mol. The van der Waals surface area contributed by atoms with E-state index in [0.29, 0.717) is 5.69 Å². The van der Waals surface area contributed by atoms with Crippen molar-refractivity contribution in [3.63, 3.8) is 0 Å². The standard InChI is InChI=1S/C17H17F2N3O3S2/c1-12-20-13(11-26-12)5-6-16(23)21-7-9-22(10-8-21)27(24,25)17-14(18)3-2-4-15(17)19/h2-6,11H,7-10H2,1H3/b6-5+. The number of nitrogens with zero attached hydrogens (tertiary/aromatic N) is 3. The summed E-state index contributed by atoms with van der Waals surface area (Å²) >= 11 is 1.47. The lowest BCUT2D eigenvalue weighted by Gasteiger charge is -2.33. The topological polar surface area (TPSA) is 70.6 Å². The summed E-state index contributed by atoms with van der Waals surface area (Å²) < 4.78 is 53.8. The number of sulfonamides is 1. The van der Waals surface area contributed by atoms with E-state index in [9.17, 15) is 22.0 Å². The fraction of sp³-hybridized carbons (Fsp3) is 0.294. The van der Waals surface area contributed by atoms with E-state index in [2.05, 4.69) is 4.98 Å². The third kappa shape index (κ3) is 4.23. The highest BCUT2D eigenvalue weighted by Crippen LogP contribution is 2.23. The molecule has 1 aliphatic rings. The molecule has 10 heteroatoms. The first-order valence-corrected chi connectivity index (χ1v) is 10.4. The smallest absolute Gasteiger partial charge is 0.249 e. The van der Waals surface area contributed by atoms with Crippen LogP contribution >= 0.6 is 11.3 Å². The Hall–Kier alpha value is -2.17. The zero-order chi connectivity index (χ0) is 19.6. The maximum atomic E-state index is 13.8. The number of piperazine rings is 1. The molecule has 144 valence electrons. The zero-order valence-corrected chi connectivity index (χ0v) is 16.1. The number of carbonyl (C=O) groups excluding carboxylic acids is 1. The fourth-order valence-corrected chi connectivity index (χ4v) is 4.84. The molecule has 0 saturated carbocycles. The van der Waals surface area contributed by atoms with Crippen molar-refractivity contribution in [1.29, 1.82) is 0 Å². The summed E-state index contributed by atoms with van der Waals surface area (Å²) in [6.45, 7) is 2.06. The van der Waals surface area contributed by atoms with Crippen molar-refractivity contribution >= 4 is 33.3 Å². The second-order valence-corrected chi connectivity index (χ2v) is 8.84. The fourth-order valence-electron chi connectivity index (χ4n) is 2.73. The summed E-state index contributed by atoms with van der Waals surface area (Å²) in [6, 6.07) is 2.91. The molecule has 0 atom stereocenters. The maximum Gasteiger partial charge on any atom is 0.249 e. The normalized spacial score (nSPS) is 16.2. The minimum atomic E-state index is -4.31. The molecular weight excluding hydrogens is 396 g/mol. The van der Waals surface area contributed by atoms with Gasteiger partial charge in [-0.2, -0.15) is 4.31 Å². The lowest BCUT2D eigenvalue weighted by atomic mass is 10.3. The minimum Gasteiger partial charge on any atom is -0.337 e. The van der Waals surface area contributed by atoms with Crippen molar-refractivity contribution in [2.75, 3.05) is 26.2 Å². The molecule has 0 radical (unpaired) electrons. The van der Waals surface area contributed by atoms with Crippen LogP contribution in [-0.2, 0) is 14.8 Å². The van der Waals surface area contributed by atoms with Gasteiger partial charge in [-0.15, -0.1) is 11.3 Å². The number of aromatic nitrogens is 1. The summed E-state index contributed by atoms with van der Waals surface area (Å²) in [5.41, 5.74) is 0.682. The van der Waals surface area contributed by atoms with Gasteiger partial charge in [0, 0.05) is 37.6 Å². The van der Waals surface area contributed by atoms with Crippen LogP contribution in [0.1, 0.15) is 10.7 Å². The Morgan fingerprint density at radius 3 is 2.37 bits per heavy atom. The Morgan fingerprint density at radius 1 is 1.19 bits per heavy atom. The summed E-state index contributed by atoms with van der Waals surface area (Å²) in [4.78, 5) is 17.0. The maximum absolute atomic E-state index is 13.8. The van der Waals surface area contributed by atoms with Crippen LogP contribution in [0.5, 0.6) is 0 Å². The van der Waals surface area contributed by atoms with E-state index in [-0.39, 0.29) is 32.1 Å². The summed E-state index contributed by atoms with van der Waals surface area (Å²) in [6.07, 6.45) is 2.98. The number of amides is 1. The molecule has 0 spiro atoms. The Morgan fingerprint density at radius 2 is 1.81 bits per heavy atom. The average molecular weight is 413 g/mol. The van der Waals surface area contributed by atoms with E-state index in [1.807, 2.05) is 12.3 Å². The van der Waals surface area contributed by atoms with Gasteiger partial charge in [0.1, 0.15) is 11.6 Å². The molecule has 1 amide bonds. The van der Waals surface area contributed by atoms with Crippen molar-refractivity contribution in [3.05, 3.63) is 52.0 Å². The second-order valence-electron chi connectivity index (χ2n) is 5.90. The number of benzene rings is 1. The molecule has 0 aliphatic carbocycles. The average Bonchev–Trinajstić information content (AvgIpc) is 3.05. The minimum absolute atomic E-state index is 0.0362. The lowest BCUT2D eigenvalue weighted by molar-refractivity contribution is -0.127. The quantitative estimate of drug-likeness (QED) is 0.721. The first-order valence-electron chi connectivity index (χ1n) is 8.12. The van der Waals surface area contributed by atoms with Gasteiger partial charge in [0.2, 0.25) is 15.9 Å². The van der Waals surface area contributed by atoms with Crippen molar-refractivity contribution in [3.8, 4) is 0 Å². The molecule has 1 aromatic carbocycles. The number of aryl methyl sites for hydroxylation is 1. The number of halogens is 2. The van der Waals surface area contributed by atoms with Gasteiger partial charge < -0.3 is 4.90 Å². The molecule has 6 nitrogen and oxygen atoms in total. The Kier molecular flexibility index (Phi) is 5.68. The largest absolute Gasteiger partial charge is 0.337 e. The van der Waals surface area contributed by atoms with Crippen molar-refractivity contribution in [2.45, 2.75) is 11.8 Å². The van der Waals surface area contributed by atoms with E-state index in [1.54, 1.807) is 6.08 Å². The van der Waals surface area contributed by atoms with E-state index >= 15 is 0 Å². The van der Waals surface area contributed by atoms with Gasteiger partial charge in [0.15, 0.2) is 4.90 Å². The van der Waals surface area contributed by atoms with Gasteiger partial charge in [-0.1, -0.05) is 6.07 Å². The molecule has 2 aromatic rings. The van der Waals surface area contributed by atoms with Crippen LogP contribution in [0.3, 0.4) is 0 Å². The molecule has 0 N–H and O–H groups in total. The van der Waals surface area contributed by atoms with Crippen LogP contribution in [0, 0.1) is 18.6 Å². The highest BCUT2D eigenvalue weighted by molar-refractivity contribution is 7.89. The number of rotatable bonds is 4. The summed E-state index contributed by atoms with van der Waals surface area (Å²) in [7, 11) is -4.31.